The lowest BCUT2D eigenvalue weighted by atomic mass is 9.79. The molecule has 0 radical (unpaired) electrons. The third-order valence-corrected chi connectivity index (χ3v) is 16.4. The van der Waals surface area contributed by atoms with Crippen LogP contribution in [0.4, 0.5) is 0 Å². The Kier molecular flexibility index (Phi) is 10.8. The van der Waals surface area contributed by atoms with Crippen LogP contribution in [0.2, 0.25) is 5.04 Å². The minimum absolute atomic E-state index is 0.0991. The number of rotatable bonds is 12. The van der Waals surface area contributed by atoms with Crippen molar-refractivity contribution in [3.05, 3.63) is 180 Å². The van der Waals surface area contributed by atoms with Crippen molar-refractivity contribution in [2.75, 3.05) is 6.61 Å². The maximum Gasteiger partial charge on any atom is 0.261 e. The van der Waals surface area contributed by atoms with Gasteiger partial charge in [0.15, 0.2) is 0 Å². The zero-order valence-electron chi connectivity index (χ0n) is 32.3. The van der Waals surface area contributed by atoms with Crippen LogP contribution in [0.25, 0.3) is 0 Å². The van der Waals surface area contributed by atoms with Gasteiger partial charge in [-0.2, -0.15) is 0 Å². The Morgan fingerprint density at radius 2 is 0.923 bits per heavy atom. The van der Waals surface area contributed by atoms with Gasteiger partial charge in [-0.15, -0.1) is 0 Å². The van der Waals surface area contributed by atoms with Gasteiger partial charge in [0.1, 0.15) is 17.0 Å². The molecule has 1 aliphatic rings. The molecule has 0 saturated carbocycles. The molecule has 0 saturated heterocycles. The molecule has 0 fully saturated rings. The van der Waals surface area contributed by atoms with Gasteiger partial charge in [-0.25, -0.2) is 0 Å². The smallest absolute Gasteiger partial charge is 0.261 e. The molecule has 5 aromatic carbocycles. The van der Waals surface area contributed by atoms with E-state index in [0.717, 1.165) is 28.9 Å². The first-order chi connectivity index (χ1) is 24.8. The number of hydrogen-bond donors (Lipinski definition) is 0. The van der Waals surface area contributed by atoms with Crippen molar-refractivity contribution in [2.45, 2.75) is 84.2 Å². The van der Waals surface area contributed by atoms with Gasteiger partial charge in [-0.3, -0.25) is 0 Å². The predicted octanol–water partition coefficient (Wildman–Crippen LogP) is 10.7. The molecule has 0 N–H and O–H groups in total. The normalized spacial score (nSPS) is 17.1. The highest BCUT2D eigenvalue weighted by Crippen LogP contribution is 2.46. The molecule has 1 aliphatic carbocycles. The van der Waals surface area contributed by atoms with E-state index in [4.69, 9.17) is 13.9 Å². The van der Waals surface area contributed by atoms with Gasteiger partial charge in [0.05, 0.1) is 18.6 Å². The second kappa shape index (κ2) is 15.0. The van der Waals surface area contributed by atoms with E-state index < -0.39 is 19.5 Å². The maximum absolute atomic E-state index is 7.89. The standard InChI is InChI=1S/C48H56O3Si/c1-45(2,3)47(7,8)50-43-34-35-44(51-52(46(4,5)6,40-30-20-12-21-31-40)41-32-22-13-23-33-41)42(43)36-49-48(37-24-14-9-15-25-37,38-26-16-10-17-27-38)39-28-18-11-19-29-39/h9-34,42,44H,35-36H2,1-8H3. The monoisotopic (exact) mass is 708 g/mol. The summed E-state index contributed by atoms with van der Waals surface area (Å²) >= 11 is 0. The fourth-order valence-electron chi connectivity index (χ4n) is 7.52. The molecular formula is C48H56O3Si. The van der Waals surface area contributed by atoms with Crippen molar-refractivity contribution in [3.63, 3.8) is 0 Å². The molecule has 0 amide bonds. The summed E-state index contributed by atoms with van der Waals surface area (Å²) in [6.07, 6.45) is 2.85. The van der Waals surface area contributed by atoms with Crippen molar-refractivity contribution < 1.29 is 13.9 Å². The van der Waals surface area contributed by atoms with Crippen molar-refractivity contribution in [3.8, 4) is 0 Å². The molecule has 2 atom stereocenters. The fraction of sp³-hybridized carbons (Fsp3) is 0.333. The van der Waals surface area contributed by atoms with Crippen molar-refractivity contribution in [2.24, 2.45) is 11.3 Å². The van der Waals surface area contributed by atoms with E-state index in [2.05, 4.69) is 213 Å². The molecule has 0 heterocycles. The minimum Gasteiger partial charge on any atom is -0.492 e. The van der Waals surface area contributed by atoms with E-state index in [-0.39, 0.29) is 22.5 Å². The Balaban J connectivity index is 1.50. The van der Waals surface area contributed by atoms with Crippen LogP contribution in [0.15, 0.2) is 163 Å². The van der Waals surface area contributed by atoms with E-state index in [1.807, 2.05) is 0 Å². The van der Waals surface area contributed by atoms with Crippen LogP contribution in [-0.2, 0) is 19.5 Å². The van der Waals surface area contributed by atoms with Gasteiger partial charge in [0, 0.05) is 5.41 Å². The molecule has 52 heavy (non-hydrogen) atoms. The molecule has 3 nitrogen and oxygen atoms in total. The molecule has 0 aliphatic heterocycles. The Morgan fingerprint density at radius 3 is 1.29 bits per heavy atom. The molecule has 270 valence electrons. The second-order valence-electron chi connectivity index (χ2n) is 16.7. The summed E-state index contributed by atoms with van der Waals surface area (Å²) in [4.78, 5) is 0. The van der Waals surface area contributed by atoms with Crippen molar-refractivity contribution in [1.82, 2.24) is 0 Å². The summed E-state index contributed by atoms with van der Waals surface area (Å²) in [7, 11) is -2.89. The van der Waals surface area contributed by atoms with Gasteiger partial charge in [0.2, 0.25) is 0 Å². The van der Waals surface area contributed by atoms with Gasteiger partial charge >= 0.3 is 0 Å². The molecule has 0 spiro atoms. The second-order valence-corrected chi connectivity index (χ2v) is 21.0. The van der Waals surface area contributed by atoms with Crippen molar-refractivity contribution in [1.29, 1.82) is 0 Å². The minimum atomic E-state index is -2.89. The molecule has 6 rings (SSSR count). The highest BCUT2D eigenvalue weighted by molar-refractivity contribution is 6.99. The topological polar surface area (TPSA) is 27.7 Å². The quantitative estimate of drug-likeness (QED) is 0.0954. The molecular weight excluding hydrogens is 653 g/mol. The molecule has 0 bridgehead atoms. The lowest BCUT2D eigenvalue weighted by molar-refractivity contribution is -0.0844. The lowest BCUT2D eigenvalue weighted by Gasteiger charge is -2.46. The van der Waals surface area contributed by atoms with Crippen LogP contribution >= 0.6 is 0 Å². The van der Waals surface area contributed by atoms with Crippen LogP contribution in [0.1, 0.15) is 78.5 Å². The lowest BCUT2D eigenvalue weighted by Crippen LogP contribution is -2.68. The van der Waals surface area contributed by atoms with Gasteiger partial charge in [-0.05, 0) is 58.4 Å². The maximum atomic E-state index is 7.89. The summed E-state index contributed by atoms with van der Waals surface area (Å²) in [5, 5.41) is 2.37. The molecule has 0 aromatic heterocycles. The van der Waals surface area contributed by atoms with Crippen molar-refractivity contribution >= 4 is 18.7 Å². The fourth-order valence-corrected chi connectivity index (χ4v) is 12.2. The zero-order chi connectivity index (χ0) is 37.0. The largest absolute Gasteiger partial charge is 0.492 e. The molecule has 4 heteroatoms. The van der Waals surface area contributed by atoms with E-state index >= 15 is 0 Å². The Bertz CT molecular complexity index is 1750. The number of hydrogen-bond acceptors (Lipinski definition) is 3. The van der Waals surface area contributed by atoms with Crippen LogP contribution in [0.5, 0.6) is 0 Å². The zero-order valence-corrected chi connectivity index (χ0v) is 33.3. The number of benzene rings is 5. The highest BCUT2D eigenvalue weighted by Gasteiger charge is 2.54. The average Bonchev–Trinajstić information content (AvgIpc) is 3.51. The Hall–Kier alpha value is -4.22. The Morgan fingerprint density at radius 1 is 0.538 bits per heavy atom. The van der Waals surface area contributed by atoms with Gasteiger partial charge in [-0.1, -0.05) is 193 Å². The van der Waals surface area contributed by atoms with Crippen LogP contribution < -0.4 is 10.4 Å². The SMILES string of the molecule is CC(C)(C)C(C)(C)OC1=CCC(O[Si](c2ccccc2)(c2ccccc2)C(C)(C)C)C1COC(c1ccccc1)(c1ccccc1)c1ccccc1. The average molecular weight is 709 g/mol. The predicted molar refractivity (Wildman–Crippen MR) is 218 cm³/mol. The van der Waals surface area contributed by atoms with E-state index in [9.17, 15) is 0 Å². The third-order valence-electron chi connectivity index (χ3n) is 11.3. The first-order valence-corrected chi connectivity index (χ1v) is 20.7. The summed E-state index contributed by atoms with van der Waals surface area (Å²) in [5.74, 6) is 0.796. The molecule has 5 aromatic rings. The third kappa shape index (κ3) is 7.22. The summed E-state index contributed by atoms with van der Waals surface area (Å²) in [6, 6.07) is 53.8. The first-order valence-electron chi connectivity index (χ1n) is 18.8. The number of ether oxygens (including phenoxy) is 2. The van der Waals surface area contributed by atoms with E-state index in [1.54, 1.807) is 0 Å². The van der Waals surface area contributed by atoms with Crippen LogP contribution in [-0.4, -0.2) is 26.6 Å². The van der Waals surface area contributed by atoms with Crippen LogP contribution in [0.3, 0.4) is 0 Å². The van der Waals surface area contributed by atoms with E-state index in [0.29, 0.717) is 6.61 Å². The summed E-state index contributed by atoms with van der Waals surface area (Å²) < 4.78 is 22.6. The summed E-state index contributed by atoms with van der Waals surface area (Å²) in [5.41, 5.74) is 1.85. The van der Waals surface area contributed by atoms with Crippen LogP contribution in [0, 0.1) is 11.3 Å². The van der Waals surface area contributed by atoms with Gasteiger partial charge < -0.3 is 13.9 Å². The van der Waals surface area contributed by atoms with Gasteiger partial charge in [0.25, 0.3) is 8.32 Å². The van der Waals surface area contributed by atoms with E-state index in [1.165, 1.54) is 10.4 Å². The first kappa shape index (κ1) is 37.5. The summed E-state index contributed by atoms with van der Waals surface area (Å²) in [6.45, 7) is 18.6. The Labute approximate surface area is 313 Å². The highest BCUT2D eigenvalue weighted by atomic mass is 28.4. The molecule has 2 unspecified atom stereocenters.